The van der Waals surface area contributed by atoms with Crippen LogP contribution in [0.2, 0.25) is 10.0 Å². The summed E-state index contributed by atoms with van der Waals surface area (Å²) in [6, 6.07) is 13.3. The lowest BCUT2D eigenvalue weighted by molar-refractivity contribution is 1.06. The number of anilines is 1. The van der Waals surface area contributed by atoms with Gasteiger partial charge in [-0.05, 0) is 35.9 Å². The van der Waals surface area contributed by atoms with Crippen molar-refractivity contribution in [2.45, 2.75) is 0 Å². The Kier molecular flexibility index (Phi) is 5.20. The molecule has 0 aliphatic rings. The summed E-state index contributed by atoms with van der Waals surface area (Å²) < 4.78 is 1.94. The van der Waals surface area contributed by atoms with Crippen molar-refractivity contribution in [2.75, 3.05) is 5.43 Å². The topological polar surface area (TPSA) is 55.1 Å². The lowest BCUT2D eigenvalue weighted by Crippen LogP contribution is -1.92. The summed E-state index contributed by atoms with van der Waals surface area (Å²) in [5.41, 5.74) is 6.59. The van der Waals surface area contributed by atoms with Gasteiger partial charge in [0.25, 0.3) is 0 Å². The van der Waals surface area contributed by atoms with Crippen LogP contribution in [0.1, 0.15) is 5.56 Å². The Balaban J connectivity index is 1.42. The second-order valence-corrected chi connectivity index (χ2v) is 7.30. The van der Waals surface area contributed by atoms with E-state index in [2.05, 4.69) is 20.5 Å². The summed E-state index contributed by atoms with van der Waals surface area (Å²) in [6.45, 7) is 0. The molecule has 0 unspecified atom stereocenters. The van der Waals surface area contributed by atoms with E-state index >= 15 is 0 Å². The third kappa shape index (κ3) is 4.19. The molecule has 5 nitrogen and oxygen atoms in total. The highest BCUT2D eigenvalue weighted by Crippen LogP contribution is 2.32. The Bertz CT molecular complexity index is 1070. The zero-order valence-electron chi connectivity index (χ0n) is 13.9. The number of thiazole rings is 1. The SMILES string of the molecule is Clc1ccc(-c2csc(N/N=C/c3ccc(-n4ccnc4)cc3)n2)c(Cl)c1. The van der Waals surface area contributed by atoms with Crippen LogP contribution in [0.15, 0.2) is 71.7 Å². The maximum atomic E-state index is 6.23. The van der Waals surface area contributed by atoms with E-state index in [1.54, 1.807) is 30.9 Å². The van der Waals surface area contributed by atoms with Crippen molar-refractivity contribution in [3.63, 3.8) is 0 Å². The van der Waals surface area contributed by atoms with Gasteiger partial charge in [0, 0.05) is 34.0 Å². The highest BCUT2D eigenvalue weighted by Gasteiger charge is 2.08. The average Bonchev–Trinajstić information content (AvgIpc) is 3.34. The fourth-order valence-corrected chi connectivity index (χ4v) is 3.62. The fraction of sp³-hybridized carbons (Fsp3) is 0. The van der Waals surface area contributed by atoms with E-state index in [4.69, 9.17) is 23.2 Å². The van der Waals surface area contributed by atoms with Crippen molar-refractivity contribution in [2.24, 2.45) is 5.10 Å². The molecule has 27 heavy (non-hydrogen) atoms. The van der Waals surface area contributed by atoms with Gasteiger partial charge in [-0.15, -0.1) is 11.3 Å². The number of halogens is 2. The zero-order chi connectivity index (χ0) is 18.6. The maximum absolute atomic E-state index is 6.23. The predicted octanol–water partition coefficient (Wildman–Crippen LogP) is 5.75. The van der Waals surface area contributed by atoms with Gasteiger partial charge in [-0.1, -0.05) is 35.3 Å². The number of rotatable bonds is 5. The normalized spacial score (nSPS) is 11.2. The van der Waals surface area contributed by atoms with Crippen LogP contribution in [0.3, 0.4) is 0 Å². The summed E-state index contributed by atoms with van der Waals surface area (Å²) in [4.78, 5) is 8.55. The molecular weight excluding hydrogens is 401 g/mol. The molecule has 0 fully saturated rings. The smallest absolute Gasteiger partial charge is 0.203 e. The fourth-order valence-electron chi connectivity index (χ4n) is 2.45. The second kappa shape index (κ2) is 7.92. The Hall–Kier alpha value is -2.67. The van der Waals surface area contributed by atoms with Crippen LogP contribution in [-0.4, -0.2) is 20.7 Å². The molecule has 0 saturated carbocycles. The van der Waals surface area contributed by atoms with E-state index in [0.717, 1.165) is 22.5 Å². The minimum absolute atomic E-state index is 0.570. The van der Waals surface area contributed by atoms with Gasteiger partial charge in [-0.25, -0.2) is 9.97 Å². The summed E-state index contributed by atoms with van der Waals surface area (Å²) in [5.74, 6) is 0. The number of benzene rings is 2. The molecule has 0 saturated heterocycles. The van der Waals surface area contributed by atoms with Gasteiger partial charge in [-0.2, -0.15) is 5.10 Å². The standard InChI is InChI=1S/C19H13Cl2N5S/c20-14-3-6-16(17(21)9-14)18-11-27-19(24-18)25-23-10-13-1-4-15(5-2-13)26-8-7-22-12-26/h1-12H,(H,24,25)/b23-10+. The van der Waals surface area contributed by atoms with E-state index in [1.807, 2.05) is 46.5 Å². The highest BCUT2D eigenvalue weighted by atomic mass is 35.5. The van der Waals surface area contributed by atoms with Gasteiger partial charge < -0.3 is 4.57 Å². The first-order valence-electron chi connectivity index (χ1n) is 7.97. The summed E-state index contributed by atoms with van der Waals surface area (Å²) in [7, 11) is 0. The summed E-state index contributed by atoms with van der Waals surface area (Å²) >= 11 is 13.6. The number of hydrazone groups is 1. The predicted molar refractivity (Wildman–Crippen MR) is 112 cm³/mol. The largest absolute Gasteiger partial charge is 0.306 e. The Morgan fingerprint density at radius 3 is 2.70 bits per heavy atom. The number of nitrogens with zero attached hydrogens (tertiary/aromatic N) is 4. The van der Waals surface area contributed by atoms with Crippen molar-refractivity contribution in [3.8, 4) is 16.9 Å². The van der Waals surface area contributed by atoms with Crippen LogP contribution in [0.25, 0.3) is 16.9 Å². The van der Waals surface area contributed by atoms with Crippen molar-refractivity contribution in [3.05, 3.63) is 82.2 Å². The maximum Gasteiger partial charge on any atom is 0.203 e. The molecule has 2 aromatic carbocycles. The van der Waals surface area contributed by atoms with E-state index in [-0.39, 0.29) is 0 Å². The minimum Gasteiger partial charge on any atom is -0.306 e. The number of hydrogen-bond donors (Lipinski definition) is 1. The Labute approximate surface area is 169 Å². The van der Waals surface area contributed by atoms with Gasteiger partial charge in [-0.3, -0.25) is 5.43 Å². The molecule has 4 aromatic rings. The monoisotopic (exact) mass is 413 g/mol. The first-order chi connectivity index (χ1) is 13.2. The third-order valence-electron chi connectivity index (χ3n) is 3.78. The van der Waals surface area contributed by atoms with Crippen molar-refractivity contribution in [1.82, 2.24) is 14.5 Å². The minimum atomic E-state index is 0.570. The van der Waals surface area contributed by atoms with E-state index in [1.165, 1.54) is 11.3 Å². The molecule has 0 amide bonds. The number of hydrogen-bond acceptors (Lipinski definition) is 5. The van der Waals surface area contributed by atoms with Crippen molar-refractivity contribution >= 4 is 45.9 Å². The van der Waals surface area contributed by atoms with Crippen molar-refractivity contribution in [1.29, 1.82) is 0 Å². The van der Waals surface area contributed by atoms with Crippen LogP contribution < -0.4 is 5.43 Å². The molecule has 0 radical (unpaired) electrons. The van der Waals surface area contributed by atoms with Gasteiger partial charge in [0.2, 0.25) is 5.13 Å². The molecule has 4 rings (SSSR count). The van der Waals surface area contributed by atoms with Crippen LogP contribution in [0, 0.1) is 0 Å². The van der Waals surface area contributed by atoms with E-state index in [9.17, 15) is 0 Å². The summed E-state index contributed by atoms with van der Waals surface area (Å²) in [5, 5.41) is 8.02. The highest BCUT2D eigenvalue weighted by molar-refractivity contribution is 7.14. The van der Waals surface area contributed by atoms with Crippen LogP contribution in [0.4, 0.5) is 5.13 Å². The van der Waals surface area contributed by atoms with Crippen molar-refractivity contribution < 1.29 is 0 Å². The van der Waals surface area contributed by atoms with Crippen LogP contribution in [-0.2, 0) is 0 Å². The lowest BCUT2D eigenvalue weighted by atomic mass is 10.2. The van der Waals surface area contributed by atoms with Gasteiger partial charge in [0.1, 0.15) is 0 Å². The molecule has 0 bridgehead atoms. The van der Waals surface area contributed by atoms with Crippen LogP contribution >= 0.6 is 34.5 Å². The van der Waals surface area contributed by atoms with Crippen LogP contribution in [0.5, 0.6) is 0 Å². The molecule has 2 aromatic heterocycles. The molecule has 2 heterocycles. The molecule has 134 valence electrons. The summed E-state index contributed by atoms with van der Waals surface area (Å²) in [6.07, 6.45) is 7.15. The van der Waals surface area contributed by atoms with E-state index in [0.29, 0.717) is 15.2 Å². The lowest BCUT2D eigenvalue weighted by Gasteiger charge is -2.02. The molecular formula is C19H13Cl2N5S. The first kappa shape index (κ1) is 17.7. The molecule has 0 spiro atoms. The quantitative estimate of drug-likeness (QED) is 0.334. The number of imidazole rings is 1. The number of aromatic nitrogens is 3. The second-order valence-electron chi connectivity index (χ2n) is 5.59. The molecule has 8 heteroatoms. The molecule has 0 aliphatic carbocycles. The Morgan fingerprint density at radius 2 is 1.96 bits per heavy atom. The first-order valence-corrected chi connectivity index (χ1v) is 9.61. The van der Waals surface area contributed by atoms with Gasteiger partial charge in [0.05, 0.1) is 23.3 Å². The molecule has 1 N–H and O–H groups in total. The Morgan fingerprint density at radius 1 is 1.11 bits per heavy atom. The third-order valence-corrected chi connectivity index (χ3v) is 5.08. The molecule has 0 aliphatic heterocycles. The molecule has 0 atom stereocenters. The van der Waals surface area contributed by atoms with Gasteiger partial charge in [0.15, 0.2) is 0 Å². The van der Waals surface area contributed by atoms with Gasteiger partial charge >= 0.3 is 0 Å². The zero-order valence-corrected chi connectivity index (χ0v) is 16.2. The van der Waals surface area contributed by atoms with E-state index < -0.39 is 0 Å². The average molecular weight is 414 g/mol. The number of nitrogens with one attached hydrogen (secondary N) is 1.